The van der Waals surface area contributed by atoms with Gasteiger partial charge in [0.15, 0.2) is 0 Å². The van der Waals surface area contributed by atoms with E-state index in [1.165, 1.54) is 0 Å². The Kier molecular flexibility index (Phi) is 6.41. The molecule has 0 spiro atoms. The van der Waals surface area contributed by atoms with Crippen LogP contribution in [0.3, 0.4) is 0 Å². The molecular weight excluding hydrogens is 308 g/mol. The smallest absolute Gasteiger partial charge is 0.209 e. The minimum absolute atomic E-state index is 0.640. The highest BCUT2D eigenvalue weighted by Gasteiger charge is 2.08. The van der Waals surface area contributed by atoms with Gasteiger partial charge in [-0.3, -0.25) is 4.98 Å². The van der Waals surface area contributed by atoms with Crippen molar-refractivity contribution in [1.82, 2.24) is 30.5 Å². The SMILES string of the molecule is CC(C)CNCCn1nnnc1SCc1ccncc1Cl. The molecule has 0 atom stereocenters. The molecule has 0 saturated heterocycles. The standard InChI is InChI=1S/C13H19ClN6S/c1-10(2)7-16-5-6-20-13(17-18-19-20)21-9-11-3-4-15-8-12(11)14/h3-4,8,10,16H,5-7,9H2,1-2H3. The van der Waals surface area contributed by atoms with Crippen molar-refractivity contribution in [2.75, 3.05) is 13.1 Å². The Morgan fingerprint density at radius 1 is 1.43 bits per heavy atom. The van der Waals surface area contributed by atoms with Gasteiger partial charge in [-0.15, -0.1) is 5.10 Å². The second-order valence-corrected chi connectivity index (χ2v) is 6.39. The molecule has 2 rings (SSSR count). The zero-order valence-corrected chi connectivity index (χ0v) is 13.7. The molecule has 0 aromatic carbocycles. The molecule has 0 aliphatic carbocycles. The second-order valence-electron chi connectivity index (χ2n) is 5.04. The van der Waals surface area contributed by atoms with Crippen LogP contribution < -0.4 is 5.32 Å². The fourth-order valence-corrected chi connectivity index (χ4v) is 2.85. The number of aromatic nitrogens is 5. The van der Waals surface area contributed by atoms with E-state index in [1.807, 2.05) is 10.7 Å². The largest absolute Gasteiger partial charge is 0.315 e. The third-order valence-electron chi connectivity index (χ3n) is 2.77. The average molecular weight is 327 g/mol. The highest BCUT2D eigenvalue weighted by Crippen LogP contribution is 2.23. The van der Waals surface area contributed by atoms with E-state index in [-0.39, 0.29) is 0 Å². The number of halogens is 1. The summed E-state index contributed by atoms with van der Waals surface area (Å²) in [5, 5.41) is 16.7. The van der Waals surface area contributed by atoms with Crippen LogP contribution in [-0.2, 0) is 12.3 Å². The van der Waals surface area contributed by atoms with Crippen molar-refractivity contribution in [2.24, 2.45) is 5.92 Å². The third-order valence-corrected chi connectivity index (χ3v) is 4.11. The molecule has 1 N–H and O–H groups in total. The van der Waals surface area contributed by atoms with Crippen molar-refractivity contribution in [3.8, 4) is 0 Å². The van der Waals surface area contributed by atoms with E-state index in [1.54, 1.807) is 24.2 Å². The van der Waals surface area contributed by atoms with Gasteiger partial charge < -0.3 is 5.32 Å². The predicted octanol–water partition coefficient (Wildman–Crippen LogP) is 2.26. The predicted molar refractivity (Wildman–Crippen MR) is 84.3 cm³/mol. The van der Waals surface area contributed by atoms with Gasteiger partial charge in [0.25, 0.3) is 0 Å². The fraction of sp³-hybridized carbons (Fsp3) is 0.538. The number of hydrogen-bond donors (Lipinski definition) is 1. The molecule has 0 amide bonds. The molecule has 114 valence electrons. The minimum atomic E-state index is 0.640. The van der Waals surface area contributed by atoms with Crippen LogP contribution in [-0.4, -0.2) is 38.3 Å². The maximum absolute atomic E-state index is 6.09. The van der Waals surface area contributed by atoms with E-state index in [4.69, 9.17) is 11.6 Å². The summed E-state index contributed by atoms with van der Waals surface area (Å²) in [7, 11) is 0. The van der Waals surface area contributed by atoms with Crippen LogP contribution in [0.5, 0.6) is 0 Å². The van der Waals surface area contributed by atoms with Gasteiger partial charge in [0, 0.05) is 24.7 Å². The molecule has 8 heteroatoms. The minimum Gasteiger partial charge on any atom is -0.315 e. The molecular formula is C13H19ClN6S. The second kappa shape index (κ2) is 8.31. The van der Waals surface area contributed by atoms with Gasteiger partial charge >= 0.3 is 0 Å². The first-order chi connectivity index (χ1) is 10.2. The topological polar surface area (TPSA) is 68.5 Å². The number of nitrogens with one attached hydrogen (secondary N) is 1. The summed E-state index contributed by atoms with van der Waals surface area (Å²) >= 11 is 7.66. The lowest BCUT2D eigenvalue weighted by Crippen LogP contribution is -2.24. The number of rotatable bonds is 8. The van der Waals surface area contributed by atoms with Crippen molar-refractivity contribution >= 4 is 23.4 Å². The molecule has 0 aliphatic rings. The molecule has 2 aromatic rings. The first kappa shape index (κ1) is 16.2. The highest BCUT2D eigenvalue weighted by atomic mass is 35.5. The van der Waals surface area contributed by atoms with Crippen LogP contribution in [0.2, 0.25) is 5.02 Å². The first-order valence-electron chi connectivity index (χ1n) is 6.85. The van der Waals surface area contributed by atoms with Crippen molar-refractivity contribution < 1.29 is 0 Å². The lowest BCUT2D eigenvalue weighted by molar-refractivity contribution is 0.482. The lowest BCUT2D eigenvalue weighted by atomic mass is 10.2. The molecule has 0 radical (unpaired) electrons. The summed E-state index contributed by atoms with van der Waals surface area (Å²) in [5.74, 6) is 1.36. The summed E-state index contributed by atoms with van der Waals surface area (Å²) in [5.41, 5.74) is 1.03. The van der Waals surface area contributed by atoms with Gasteiger partial charge in [-0.1, -0.05) is 37.2 Å². The summed E-state index contributed by atoms with van der Waals surface area (Å²) in [4.78, 5) is 3.98. The third kappa shape index (κ3) is 5.26. The number of tetrazole rings is 1. The fourth-order valence-electron chi connectivity index (χ4n) is 1.68. The van der Waals surface area contributed by atoms with Crippen molar-refractivity contribution in [3.63, 3.8) is 0 Å². The number of hydrogen-bond acceptors (Lipinski definition) is 6. The summed E-state index contributed by atoms with van der Waals surface area (Å²) < 4.78 is 1.81. The number of nitrogens with zero attached hydrogens (tertiary/aromatic N) is 5. The molecule has 0 bridgehead atoms. The molecule has 0 aliphatic heterocycles. The van der Waals surface area contributed by atoms with E-state index in [0.29, 0.717) is 10.9 Å². The first-order valence-corrected chi connectivity index (χ1v) is 8.21. The molecule has 0 unspecified atom stereocenters. The quantitative estimate of drug-likeness (QED) is 0.593. The van der Waals surface area contributed by atoms with Crippen LogP contribution in [0.15, 0.2) is 23.6 Å². The zero-order chi connectivity index (χ0) is 15.1. The summed E-state index contributed by atoms with van der Waals surface area (Å²) in [6.45, 7) is 6.98. The van der Waals surface area contributed by atoms with Crippen LogP contribution in [0.4, 0.5) is 0 Å². The van der Waals surface area contributed by atoms with Gasteiger partial charge in [0.2, 0.25) is 5.16 Å². The number of pyridine rings is 1. The average Bonchev–Trinajstić information content (AvgIpc) is 2.90. The Balaban J connectivity index is 1.84. The Bertz CT molecular complexity index is 559. The normalized spacial score (nSPS) is 11.2. The van der Waals surface area contributed by atoms with Crippen LogP contribution in [0.1, 0.15) is 19.4 Å². The van der Waals surface area contributed by atoms with Gasteiger partial charge in [0.05, 0.1) is 11.6 Å². The van der Waals surface area contributed by atoms with Gasteiger partial charge in [0.1, 0.15) is 0 Å². The van der Waals surface area contributed by atoms with Crippen LogP contribution >= 0.6 is 23.4 Å². The van der Waals surface area contributed by atoms with E-state index in [0.717, 1.165) is 36.1 Å². The highest BCUT2D eigenvalue weighted by molar-refractivity contribution is 7.98. The van der Waals surface area contributed by atoms with Crippen molar-refractivity contribution in [1.29, 1.82) is 0 Å². The Labute approximate surface area is 133 Å². The van der Waals surface area contributed by atoms with Crippen LogP contribution in [0.25, 0.3) is 0 Å². The Hall–Kier alpha value is -1.18. The van der Waals surface area contributed by atoms with E-state index in [9.17, 15) is 0 Å². The Morgan fingerprint density at radius 2 is 2.29 bits per heavy atom. The maximum atomic E-state index is 6.09. The molecule has 2 heterocycles. The van der Waals surface area contributed by atoms with E-state index in [2.05, 4.69) is 39.7 Å². The van der Waals surface area contributed by atoms with Crippen molar-refractivity contribution in [2.45, 2.75) is 31.3 Å². The summed E-state index contributed by atoms with van der Waals surface area (Å²) in [6.07, 6.45) is 3.39. The molecule has 2 aromatic heterocycles. The zero-order valence-electron chi connectivity index (χ0n) is 12.2. The molecule has 0 fully saturated rings. The lowest BCUT2D eigenvalue weighted by Gasteiger charge is -2.08. The van der Waals surface area contributed by atoms with Gasteiger partial charge in [-0.2, -0.15) is 0 Å². The molecule has 0 saturated carbocycles. The van der Waals surface area contributed by atoms with Crippen molar-refractivity contribution in [3.05, 3.63) is 29.0 Å². The maximum Gasteiger partial charge on any atom is 0.209 e. The van der Waals surface area contributed by atoms with E-state index < -0.39 is 0 Å². The van der Waals surface area contributed by atoms with Gasteiger partial charge in [-0.05, 0) is 34.5 Å². The van der Waals surface area contributed by atoms with Crippen LogP contribution in [0, 0.1) is 5.92 Å². The summed E-state index contributed by atoms with van der Waals surface area (Å²) in [6, 6.07) is 1.91. The molecule has 21 heavy (non-hydrogen) atoms. The number of thioether (sulfide) groups is 1. The monoisotopic (exact) mass is 326 g/mol. The molecule has 6 nitrogen and oxygen atoms in total. The van der Waals surface area contributed by atoms with Gasteiger partial charge in [-0.25, -0.2) is 4.68 Å². The van der Waals surface area contributed by atoms with E-state index >= 15 is 0 Å². The Morgan fingerprint density at radius 3 is 3.05 bits per heavy atom.